The molecule has 100 valence electrons. The Morgan fingerprint density at radius 1 is 1.37 bits per heavy atom. The number of amides is 1. The fourth-order valence-electron chi connectivity index (χ4n) is 1.91. The average Bonchev–Trinajstić information content (AvgIpc) is 2.80. The van der Waals surface area contributed by atoms with E-state index in [1.807, 2.05) is 31.2 Å². The van der Waals surface area contributed by atoms with Gasteiger partial charge in [0, 0.05) is 21.5 Å². The molecule has 1 amide bonds. The number of halogens is 1. The van der Waals surface area contributed by atoms with Crippen molar-refractivity contribution in [2.24, 2.45) is 0 Å². The van der Waals surface area contributed by atoms with Crippen molar-refractivity contribution in [3.05, 3.63) is 50.6 Å². The molecule has 0 radical (unpaired) electrons. The molecule has 0 saturated carbocycles. The van der Waals surface area contributed by atoms with Gasteiger partial charge in [-0.2, -0.15) is 0 Å². The quantitative estimate of drug-likeness (QED) is 0.835. The second-order valence-corrected chi connectivity index (χ2v) is 6.45. The molecule has 0 aliphatic rings. The van der Waals surface area contributed by atoms with Crippen molar-refractivity contribution < 1.29 is 4.79 Å². The van der Waals surface area contributed by atoms with Crippen molar-refractivity contribution in [3.8, 4) is 0 Å². The summed E-state index contributed by atoms with van der Waals surface area (Å²) in [7, 11) is 0. The zero-order valence-corrected chi connectivity index (χ0v) is 13.2. The fourth-order valence-corrected chi connectivity index (χ4v) is 3.27. The highest BCUT2D eigenvalue weighted by molar-refractivity contribution is 9.10. The molecule has 0 spiro atoms. The van der Waals surface area contributed by atoms with Gasteiger partial charge >= 0.3 is 0 Å². The molecule has 2 nitrogen and oxygen atoms in total. The van der Waals surface area contributed by atoms with Crippen LogP contribution in [0.1, 0.15) is 23.3 Å². The molecular weight excluding hydrogens is 322 g/mol. The van der Waals surface area contributed by atoms with E-state index in [-0.39, 0.29) is 5.91 Å². The van der Waals surface area contributed by atoms with Gasteiger partial charge in [0.1, 0.15) is 0 Å². The van der Waals surface area contributed by atoms with Crippen LogP contribution in [0.25, 0.3) is 0 Å². The second kappa shape index (κ2) is 6.87. The Bertz CT molecular complexity index is 531. The number of hydrogen-bond donors (Lipinski definition) is 1. The molecular formula is C15H16BrNOS. The number of carbonyl (C=O) groups excluding carboxylic acids is 1. The largest absolute Gasteiger partial charge is 0.326 e. The van der Waals surface area contributed by atoms with Crippen molar-refractivity contribution >= 4 is 38.9 Å². The third-order valence-corrected chi connectivity index (χ3v) is 4.13. The third kappa shape index (κ3) is 4.80. The van der Waals surface area contributed by atoms with Gasteiger partial charge in [0.05, 0.1) is 0 Å². The smallest absolute Gasteiger partial charge is 0.224 e. The molecule has 0 saturated heterocycles. The maximum absolute atomic E-state index is 11.8. The van der Waals surface area contributed by atoms with Crippen LogP contribution >= 0.6 is 27.3 Å². The van der Waals surface area contributed by atoms with Crippen molar-refractivity contribution in [1.29, 1.82) is 0 Å². The minimum absolute atomic E-state index is 0.0778. The highest BCUT2D eigenvalue weighted by atomic mass is 79.9. The van der Waals surface area contributed by atoms with Crippen LogP contribution in [-0.2, 0) is 11.2 Å². The van der Waals surface area contributed by atoms with E-state index >= 15 is 0 Å². The molecule has 0 aliphatic heterocycles. The number of carbonyl (C=O) groups is 1. The summed E-state index contributed by atoms with van der Waals surface area (Å²) in [6.07, 6.45) is 2.42. The summed E-state index contributed by atoms with van der Waals surface area (Å²) in [6, 6.07) is 10.1. The van der Waals surface area contributed by atoms with E-state index in [2.05, 4.69) is 32.7 Å². The predicted molar refractivity (Wildman–Crippen MR) is 84.8 cm³/mol. The first-order valence-electron chi connectivity index (χ1n) is 6.23. The minimum atomic E-state index is 0.0778. The van der Waals surface area contributed by atoms with Crippen LogP contribution in [0.2, 0.25) is 0 Å². The van der Waals surface area contributed by atoms with Crippen molar-refractivity contribution in [2.45, 2.75) is 26.2 Å². The fraction of sp³-hybridized carbons (Fsp3) is 0.267. The molecule has 0 bridgehead atoms. The lowest BCUT2D eigenvalue weighted by Crippen LogP contribution is -2.11. The Kier molecular flexibility index (Phi) is 5.16. The standard InChI is InChI=1S/C15H16BrNOS/c1-11-8-12(16)10-13(9-11)17-15(18)6-2-4-14-5-3-7-19-14/h3,5,7-10H,2,4,6H2,1H3,(H,17,18). The third-order valence-electron chi connectivity index (χ3n) is 2.73. The first-order chi connectivity index (χ1) is 9.13. The summed E-state index contributed by atoms with van der Waals surface area (Å²) in [4.78, 5) is 13.2. The average molecular weight is 338 g/mol. The maximum Gasteiger partial charge on any atom is 0.224 e. The Labute approximate surface area is 126 Å². The molecule has 1 N–H and O–H groups in total. The Morgan fingerprint density at radius 3 is 2.89 bits per heavy atom. The summed E-state index contributed by atoms with van der Waals surface area (Å²) in [5.41, 5.74) is 1.98. The summed E-state index contributed by atoms with van der Waals surface area (Å²) in [5, 5.41) is 5.01. The molecule has 4 heteroatoms. The predicted octanol–water partition coefficient (Wildman–Crippen LogP) is 4.78. The lowest BCUT2D eigenvalue weighted by atomic mass is 10.2. The second-order valence-electron chi connectivity index (χ2n) is 4.50. The topological polar surface area (TPSA) is 29.1 Å². The normalized spacial score (nSPS) is 10.4. The zero-order chi connectivity index (χ0) is 13.7. The van der Waals surface area contributed by atoms with Gasteiger partial charge in [0.2, 0.25) is 5.91 Å². The molecule has 0 atom stereocenters. The van der Waals surface area contributed by atoms with Crippen LogP contribution < -0.4 is 5.32 Å². The molecule has 0 unspecified atom stereocenters. The van der Waals surface area contributed by atoms with E-state index in [0.717, 1.165) is 28.6 Å². The summed E-state index contributed by atoms with van der Waals surface area (Å²) in [5.74, 6) is 0.0778. The van der Waals surface area contributed by atoms with E-state index in [4.69, 9.17) is 0 Å². The first kappa shape index (κ1) is 14.3. The van der Waals surface area contributed by atoms with Gasteiger partial charge in [-0.15, -0.1) is 11.3 Å². The van der Waals surface area contributed by atoms with Crippen LogP contribution in [0.4, 0.5) is 5.69 Å². The number of rotatable bonds is 5. The molecule has 1 aromatic carbocycles. The van der Waals surface area contributed by atoms with Crippen LogP contribution in [0.5, 0.6) is 0 Å². The van der Waals surface area contributed by atoms with E-state index in [9.17, 15) is 4.79 Å². The van der Waals surface area contributed by atoms with E-state index in [1.54, 1.807) is 11.3 Å². The summed E-state index contributed by atoms with van der Waals surface area (Å²) >= 11 is 5.18. The molecule has 0 fully saturated rings. The number of benzene rings is 1. The Balaban J connectivity index is 1.80. The van der Waals surface area contributed by atoms with E-state index in [1.165, 1.54) is 4.88 Å². The molecule has 2 aromatic rings. The lowest BCUT2D eigenvalue weighted by Gasteiger charge is -2.06. The van der Waals surface area contributed by atoms with Gasteiger partial charge in [-0.1, -0.05) is 22.0 Å². The SMILES string of the molecule is Cc1cc(Br)cc(NC(=O)CCCc2cccs2)c1. The van der Waals surface area contributed by atoms with Crippen LogP contribution in [0.3, 0.4) is 0 Å². The highest BCUT2D eigenvalue weighted by Gasteiger charge is 2.04. The van der Waals surface area contributed by atoms with Crippen molar-refractivity contribution in [3.63, 3.8) is 0 Å². The Morgan fingerprint density at radius 2 is 2.21 bits per heavy atom. The number of aryl methyl sites for hydroxylation is 2. The lowest BCUT2D eigenvalue weighted by molar-refractivity contribution is -0.116. The van der Waals surface area contributed by atoms with Crippen molar-refractivity contribution in [2.75, 3.05) is 5.32 Å². The molecule has 1 heterocycles. The first-order valence-corrected chi connectivity index (χ1v) is 7.90. The summed E-state index contributed by atoms with van der Waals surface area (Å²) < 4.78 is 0.987. The van der Waals surface area contributed by atoms with Crippen LogP contribution in [0.15, 0.2) is 40.2 Å². The molecule has 1 aromatic heterocycles. The highest BCUT2D eigenvalue weighted by Crippen LogP contribution is 2.19. The molecule has 0 aliphatic carbocycles. The summed E-state index contributed by atoms with van der Waals surface area (Å²) in [6.45, 7) is 2.01. The van der Waals surface area contributed by atoms with Gasteiger partial charge < -0.3 is 5.32 Å². The van der Waals surface area contributed by atoms with Gasteiger partial charge in [-0.05, 0) is 55.0 Å². The van der Waals surface area contributed by atoms with Gasteiger partial charge in [0.25, 0.3) is 0 Å². The number of thiophene rings is 1. The number of anilines is 1. The van der Waals surface area contributed by atoms with Gasteiger partial charge in [-0.3, -0.25) is 4.79 Å². The monoisotopic (exact) mass is 337 g/mol. The number of nitrogens with one attached hydrogen (secondary N) is 1. The number of hydrogen-bond acceptors (Lipinski definition) is 2. The zero-order valence-electron chi connectivity index (χ0n) is 10.8. The molecule has 2 rings (SSSR count). The maximum atomic E-state index is 11.8. The molecule has 19 heavy (non-hydrogen) atoms. The van der Waals surface area contributed by atoms with Gasteiger partial charge in [-0.25, -0.2) is 0 Å². The van der Waals surface area contributed by atoms with E-state index < -0.39 is 0 Å². The Hall–Kier alpha value is -1.13. The van der Waals surface area contributed by atoms with E-state index in [0.29, 0.717) is 6.42 Å². The van der Waals surface area contributed by atoms with Crippen molar-refractivity contribution in [1.82, 2.24) is 0 Å². The van der Waals surface area contributed by atoms with Gasteiger partial charge in [0.15, 0.2) is 0 Å². The van der Waals surface area contributed by atoms with Crippen LogP contribution in [-0.4, -0.2) is 5.91 Å². The van der Waals surface area contributed by atoms with Crippen LogP contribution in [0, 0.1) is 6.92 Å². The minimum Gasteiger partial charge on any atom is -0.326 e.